The molecule has 0 aliphatic heterocycles. The van der Waals surface area contributed by atoms with Gasteiger partial charge in [-0.15, -0.1) is 0 Å². The number of aliphatic hydroxyl groups excluding tert-OH is 1. The Hall–Kier alpha value is -1.58. The van der Waals surface area contributed by atoms with E-state index in [9.17, 15) is 5.11 Å². The van der Waals surface area contributed by atoms with Crippen LogP contribution in [0.15, 0.2) is 36.4 Å². The van der Waals surface area contributed by atoms with Crippen molar-refractivity contribution in [3.63, 3.8) is 0 Å². The monoisotopic (exact) mass is 260 g/mol. The molecular weight excluding hydrogens is 240 g/mol. The van der Waals surface area contributed by atoms with Crippen LogP contribution >= 0.6 is 0 Å². The maximum atomic E-state index is 9.88. The van der Waals surface area contributed by atoms with Crippen LogP contribution in [0.25, 0.3) is 10.8 Å². The van der Waals surface area contributed by atoms with Gasteiger partial charge in [-0.1, -0.05) is 36.4 Å². The van der Waals surface area contributed by atoms with Crippen molar-refractivity contribution in [2.75, 3.05) is 13.7 Å². The van der Waals surface area contributed by atoms with Crippen LogP contribution in [0.5, 0.6) is 5.75 Å². The fourth-order valence-electron chi connectivity index (χ4n) is 2.02. The van der Waals surface area contributed by atoms with Crippen molar-refractivity contribution >= 4 is 10.8 Å². The van der Waals surface area contributed by atoms with E-state index in [0.717, 1.165) is 22.1 Å². The van der Waals surface area contributed by atoms with Crippen molar-refractivity contribution in [1.82, 2.24) is 0 Å². The third-order valence-electron chi connectivity index (χ3n) is 3.22. The molecule has 3 nitrogen and oxygen atoms in total. The second-order valence-electron chi connectivity index (χ2n) is 4.74. The molecule has 0 saturated carbocycles. The summed E-state index contributed by atoms with van der Waals surface area (Å²) in [5.74, 6) is 0.747. The van der Waals surface area contributed by atoms with Crippen LogP contribution in [-0.2, 0) is 4.74 Å². The van der Waals surface area contributed by atoms with E-state index in [1.54, 1.807) is 14.0 Å². The van der Waals surface area contributed by atoms with Crippen LogP contribution in [0.2, 0.25) is 0 Å². The van der Waals surface area contributed by atoms with Crippen molar-refractivity contribution in [3.8, 4) is 5.75 Å². The number of benzene rings is 2. The molecule has 0 heterocycles. The normalized spacial score (nSPS) is 14.3. The number of hydrogen-bond acceptors (Lipinski definition) is 3. The van der Waals surface area contributed by atoms with E-state index >= 15 is 0 Å². The summed E-state index contributed by atoms with van der Waals surface area (Å²) in [4.78, 5) is 0. The molecule has 2 unspecified atom stereocenters. The van der Waals surface area contributed by atoms with Crippen LogP contribution in [0.4, 0.5) is 0 Å². The molecule has 3 heteroatoms. The first kappa shape index (κ1) is 13.8. The summed E-state index contributed by atoms with van der Waals surface area (Å²) < 4.78 is 11.1. The fourth-order valence-corrected chi connectivity index (χ4v) is 2.02. The first-order valence-corrected chi connectivity index (χ1v) is 6.48. The van der Waals surface area contributed by atoms with Gasteiger partial charge in [0.05, 0.1) is 12.2 Å². The summed E-state index contributed by atoms with van der Waals surface area (Å²) in [7, 11) is 1.66. The van der Waals surface area contributed by atoms with E-state index < -0.39 is 6.10 Å². The molecule has 0 fully saturated rings. The van der Waals surface area contributed by atoms with Crippen molar-refractivity contribution in [3.05, 3.63) is 42.0 Å². The van der Waals surface area contributed by atoms with E-state index in [1.165, 1.54) is 0 Å². The van der Waals surface area contributed by atoms with Crippen molar-refractivity contribution in [2.45, 2.75) is 26.1 Å². The predicted molar refractivity (Wildman–Crippen MR) is 76.5 cm³/mol. The first-order chi connectivity index (χ1) is 9.13. The quantitative estimate of drug-likeness (QED) is 0.896. The van der Waals surface area contributed by atoms with Crippen LogP contribution in [0, 0.1) is 0 Å². The minimum absolute atomic E-state index is 0.0146. The third kappa shape index (κ3) is 3.06. The van der Waals surface area contributed by atoms with E-state index in [1.807, 2.05) is 43.3 Å². The van der Waals surface area contributed by atoms with Gasteiger partial charge in [-0.05, 0) is 19.2 Å². The number of aliphatic hydroxyl groups is 1. The number of fused-ring (bicyclic) bond motifs is 1. The smallest absolute Gasteiger partial charge is 0.133 e. The average Bonchev–Trinajstić information content (AvgIpc) is 2.43. The number of ether oxygens (including phenoxy) is 2. The van der Waals surface area contributed by atoms with Gasteiger partial charge in [0.25, 0.3) is 0 Å². The lowest BCUT2D eigenvalue weighted by Crippen LogP contribution is -2.17. The molecule has 2 aromatic carbocycles. The molecule has 19 heavy (non-hydrogen) atoms. The second-order valence-corrected chi connectivity index (χ2v) is 4.74. The number of methoxy groups -OCH3 is 1. The van der Waals surface area contributed by atoms with Crippen molar-refractivity contribution in [1.29, 1.82) is 0 Å². The minimum Gasteiger partial charge on any atom is -0.490 e. The maximum Gasteiger partial charge on any atom is 0.133 e. The van der Waals surface area contributed by atoms with Gasteiger partial charge in [0.1, 0.15) is 12.4 Å². The summed E-state index contributed by atoms with van der Waals surface area (Å²) in [5, 5.41) is 12.0. The molecular formula is C16H20O3. The predicted octanol–water partition coefficient (Wildman–Crippen LogP) is 3.31. The lowest BCUT2D eigenvalue weighted by Gasteiger charge is -2.18. The highest BCUT2D eigenvalue weighted by atomic mass is 16.5. The van der Waals surface area contributed by atoms with E-state index in [2.05, 4.69) is 0 Å². The van der Waals surface area contributed by atoms with Crippen molar-refractivity contribution in [2.24, 2.45) is 0 Å². The zero-order chi connectivity index (χ0) is 13.8. The van der Waals surface area contributed by atoms with Gasteiger partial charge in [0, 0.05) is 18.1 Å². The Bertz CT molecular complexity index is 549. The van der Waals surface area contributed by atoms with E-state index in [-0.39, 0.29) is 6.10 Å². The van der Waals surface area contributed by atoms with Gasteiger partial charge in [-0.3, -0.25) is 0 Å². The van der Waals surface area contributed by atoms with Crippen molar-refractivity contribution < 1.29 is 14.6 Å². The zero-order valence-electron chi connectivity index (χ0n) is 11.6. The van der Waals surface area contributed by atoms with Gasteiger partial charge in [-0.25, -0.2) is 0 Å². The molecule has 0 saturated heterocycles. The van der Waals surface area contributed by atoms with Gasteiger partial charge < -0.3 is 14.6 Å². The Morgan fingerprint density at radius 1 is 1.11 bits per heavy atom. The summed E-state index contributed by atoms with van der Waals surface area (Å²) in [5.41, 5.74) is 0.807. The molecule has 0 radical (unpaired) electrons. The lowest BCUT2D eigenvalue weighted by atomic mass is 10.0. The molecule has 2 aromatic rings. The molecule has 102 valence electrons. The van der Waals surface area contributed by atoms with Crippen LogP contribution < -0.4 is 4.74 Å². The highest BCUT2D eigenvalue weighted by Gasteiger charge is 2.14. The highest BCUT2D eigenvalue weighted by Crippen LogP contribution is 2.33. The number of hydrogen-bond donors (Lipinski definition) is 1. The standard InChI is InChI=1S/C16H20O3/c1-11(18-3)10-19-16-14(12(2)17)9-8-13-6-4-5-7-15(13)16/h4-9,11-12,17H,10H2,1-3H3. The van der Waals surface area contributed by atoms with Gasteiger partial charge in [0.15, 0.2) is 0 Å². The van der Waals surface area contributed by atoms with E-state index in [4.69, 9.17) is 9.47 Å². The fraction of sp³-hybridized carbons (Fsp3) is 0.375. The number of rotatable bonds is 5. The zero-order valence-corrected chi connectivity index (χ0v) is 11.6. The van der Waals surface area contributed by atoms with Crippen LogP contribution in [0.1, 0.15) is 25.5 Å². The molecule has 0 bridgehead atoms. The topological polar surface area (TPSA) is 38.7 Å². The van der Waals surface area contributed by atoms with Gasteiger partial charge in [-0.2, -0.15) is 0 Å². The minimum atomic E-state index is -0.558. The van der Waals surface area contributed by atoms with Gasteiger partial charge in [0.2, 0.25) is 0 Å². The summed E-state index contributed by atoms with van der Waals surface area (Å²) >= 11 is 0. The first-order valence-electron chi connectivity index (χ1n) is 6.48. The lowest BCUT2D eigenvalue weighted by molar-refractivity contribution is 0.0706. The summed E-state index contributed by atoms with van der Waals surface area (Å²) in [6.07, 6.45) is -0.543. The second kappa shape index (κ2) is 6.04. The summed E-state index contributed by atoms with van der Waals surface area (Å²) in [6.45, 7) is 4.16. The highest BCUT2D eigenvalue weighted by molar-refractivity contribution is 5.89. The molecule has 0 aliphatic carbocycles. The van der Waals surface area contributed by atoms with Crippen LogP contribution in [-0.4, -0.2) is 24.9 Å². The Balaban J connectivity index is 2.43. The Morgan fingerprint density at radius 2 is 1.84 bits per heavy atom. The van der Waals surface area contributed by atoms with Gasteiger partial charge >= 0.3 is 0 Å². The molecule has 2 rings (SSSR count). The molecule has 1 N–H and O–H groups in total. The Morgan fingerprint density at radius 3 is 2.53 bits per heavy atom. The van der Waals surface area contributed by atoms with E-state index in [0.29, 0.717) is 6.61 Å². The largest absolute Gasteiger partial charge is 0.490 e. The average molecular weight is 260 g/mol. The SMILES string of the molecule is COC(C)COc1c(C(C)O)ccc2ccccc12. The Kier molecular flexibility index (Phi) is 4.40. The molecule has 0 aromatic heterocycles. The molecule has 2 atom stereocenters. The molecule has 0 aliphatic rings. The van der Waals surface area contributed by atoms with Crippen LogP contribution in [0.3, 0.4) is 0 Å². The summed E-state index contributed by atoms with van der Waals surface area (Å²) in [6, 6.07) is 11.9. The third-order valence-corrected chi connectivity index (χ3v) is 3.22. The Labute approximate surface area is 113 Å². The molecule has 0 amide bonds. The maximum absolute atomic E-state index is 9.88. The molecule has 0 spiro atoms.